The number of hydrogen-bond acceptors (Lipinski definition) is 2. The average Bonchev–Trinajstić information content (AvgIpc) is 2.54. The molecule has 0 aromatic heterocycles. The fourth-order valence-electron chi connectivity index (χ4n) is 1.85. The van der Waals surface area contributed by atoms with Gasteiger partial charge in [0, 0.05) is 18.8 Å². The molecule has 0 aliphatic carbocycles. The number of benzene rings is 2. The molecule has 0 unspecified atom stereocenters. The highest BCUT2D eigenvalue weighted by Crippen LogP contribution is 2.07. The van der Waals surface area contributed by atoms with Crippen molar-refractivity contribution in [3.8, 4) is 0 Å². The predicted octanol–water partition coefficient (Wildman–Crippen LogP) is 3.55. The van der Waals surface area contributed by atoms with Gasteiger partial charge in [-0.3, -0.25) is 0 Å². The van der Waals surface area contributed by atoms with Gasteiger partial charge >= 0.3 is 6.03 Å². The molecule has 2 N–H and O–H groups in total. The summed E-state index contributed by atoms with van der Waals surface area (Å²) in [6.45, 7) is 1.66. The normalized spacial score (nSPS) is 10.2. The molecule has 2 aromatic carbocycles. The highest BCUT2D eigenvalue weighted by atomic mass is 19.1. The van der Waals surface area contributed by atoms with E-state index in [9.17, 15) is 9.18 Å². The molecule has 2 rings (SSSR count). The van der Waals surface area contributed by atoms with Gasteiger partial charge in [-0.1, -0.05) is 30.3 Å². The minimum absolute atomic E-state index is 0.310. The summed E-state index contributed by atoms with van der Waals surface area (Å²) in [7, 11) is 0. The number of ether oxygens (including phenoxy) is 1. The molecule has 5 heteroatoms. The maximum Gasteiger partial charge on any atom is 0.319 e. The van der Waals surface area contributed by atoms with Crippen LogP contribution in [0.25, 0.3) is 0 Å². The number of carbonyl (C=O) groups excluding carboxylic acids is 1. The number of nitrogens with one attached hydrogen (secondary N) is 2. The number of rotatable bonds is 7. The Balaban J connectivity index is 1.54. The second kappa shape index (κ2) is 8.79. The van der Waals surface area contributed by atoms with Crippen molar-refractivity contribution >= 4 is 11.7 Å². The first-order valence-corrected chi connectivity index (χ1v) is 7.16. The van der Waals surface area contributed by atoms with Crippen LogP contribution in [0.1, 0.15) is 12.0 Å². The van der Waals surface area contributed by atoms with Gasteiger partial charge in [0.05, 0.1) is 6.61 Å². The number of urea groups is 1. The van der Waals surface area contributed by atoms with Crippen LogP contribution < -0.4 is 10.6 Å². The van der Waals surface area contributed by atoms with E-state index >= 15 is 0 Å². The molecule has 0 aliphatic rings. The highest BCUT2D eigenvalue weighted by Gasteiger charge is 2.01. The van der Waals surface area contributed by atoms with Crippen LogP contribution >= 0.6 is 0 Å². The molecule has 0 spiro atoms. The van der Waals surface area contributed by atoms with E-state index in [0.717, 1.165) is 12.0 Å². The van der Waals surface area contributed by atoms with E-state index < -0.39 is 0 Å². The Morgan fingerprint density at radius 2 is 1.77 bits per heavy atom. The van der Waals surface area contributed by atoms with E-state index in [2.05, 4.69) is 10.6 Å². The van der Waals surface area contributed by atoms with Crippen molar-refractivity contribution in [2.75, 3.05) is 18.5 Å². The van der Waals surface area contributed by atoms with Crippen LogP contribution in [0.2, 0.25) is 0 Å². The van der Waals surface area contributed by atoms with E-state index in [-0.39, 0.29) is 11.8 Å². The number of anilines is 1. The van der Waals surface area contributed by atoms with E-state index in [1.807, 2.05) is 30.3 Å². The summed E-state index contributed by atoms with van der Waals surface area (Å²) in [6.07, 6.45) is 0.726. The third kappa shape index (κ3) is 5.93. The van der Waals surface area contributed by atoms with Gasteiger partial charge in [-0.25, -0.2) is 9.18 Å². The topological polar surface area (TPSA) is 50.4 Å². The molecule has 22 heavy (non-hydrogen) atoms. The van der Waals surface area contributed by atoms with Crippen molar-refractivity contribution in [3.63, 3.8) is 0 Å². The molecule has 0 radical (unpaired) electrons. The van der Waals surface area contributed by atoms with Gasteiger partial charge in [0.15, 0.2) is 0 Å². The lowest BCUT2D eigenvalue weighted by Gasteiger charge is -2.08. The van der Waals surface area contributed by atoms with E-state index in [4.69, 9.17) is 4.74 Å². The van der Waals surface area contributed by atoms with Gasteiger partial charge in [-0.05, 0) is 36.2 Å². The lowest BCUT2D eigenvalue weighted by molar-refractivity contribution is 0.119. The van der Waals surface area contributed by atoms with Gasteiger partial charge in [-0.2, -0.15) is 0 Å². The summed E-state index contributed by atoms with van der Waals surface area (Å²) in [5, 5.41) is 5.35. The molecule has 0 saturated carbocycles. The van der Waals surface area contributed by atoms with E-state index in [1.165, 1.54) is 24.3 Å². The molecule has 0 saturated heterocycles. The monoisotopic (exact) mass is 302 g/mol. The van der Waals surface area contributed by atoms with Gasteiger partial charge in [0.2, 0.25) is 0 Å². The Hall–Kier alpha value is -2.40. The first kappa shape index (κ1) is 16.0. The first-order chi connectivity index (χ1) is 10.7. The maximum absolute atomic E-state index is 12.7. The standard InChI is InChI=1S/C17H19FN2O2/c18-15-7-9-16(10-8-15)20-17(21)19-11-4-12-22-13-14-5-2-1-3-6-14/h1-3,5-10H,4,11-13H2,(H2,19,20,21). The van der Waals surface area contributed by atoms with Crippen molar-refractivity contribution in [3.05, 3.63) is 66.0 Å². The number of amides is 2. The summed E-state index contributed by atoms with van der Waals surface area (Å²) >= 11 is 0. The van der Waals surface area contributed by atoms with E-state index in [1.54, 1.807) is 0 Å². The summed E-state index contributed by atoms with van der Waals surface area (Å²) < 4.78 is 18.2. The van der Waals surface area contributed by atoms with Crippen molar-refractivity contribution in [2.45, 2.75) is 13.0 Å². The molecule has 116 valence electrons. The fraction of sp³-hybridized carbons (Fsp3) is 0.235. The van der Waals surface area contributed by atoms with Crippen molar-refractivity contribution in [2.24, 2.45) is 0 Å². The Morgan fingerprint density at radius 1 is 1.05 bits per heavy atom. The Morgan fingerprint density at radius 3 is 2.50 bits per heavy atom. The molecule has 0 atom stereocenters. The van der Waals surface area contributed by atoms with Gasteiger partial charge in [-0.15, -0.1) is 0 Å². The van der Waals surface area contributed by atoms with Gasteiger partial charge in [0.1, 0.15) is 5.82 Å². The van der Waals surface area contributed by atoms with Crippen molar-refractivity contribution < 1.29 is 13.9 Å². The average molecular weight is 302 g/mol. The molecular formula is C17H19FN2O2. The van der Waals surface area contributed by atoms with Crippen LogP contribution in [0.15, 0.2) is 54.6 Å². The fourth-order valence-corrected chi connectivity index (χ4v) is 1.85. The SMILES string of the molecule is O=C(NCCCOCc1ccccc1)Nc1ccc(F)cc1. The first-order valence-electron chi connectivity index (χ1n) is 7.16. The molecular weight excluding hydrogens is 283 g/mol. The molecule has 0 bridgehead atoms. The Bertz CT molecular complexity index is 573. The minimum Gasteiger partial charge on any atom is -0.377 e. The maximum atomic E-state index is 12.7. The van der Waals surface area contributed by atoms with Gasteiger partial charge in [0.25, 0.3) is 0 Å². The highest BCUT2D eigenvalue weighted by molar-refractivity contribution is 5.89. The summed E-state index contributed by atoms with van der Waals surface area (Å²) in [5.74, 6) is -0.332. The molecule has 2 aromatic rings. The third-order valence-electron chi connectivity index (χ3n) is 2.96. The number of carbonyl (C=O) groups is 1. The zero-order valence-corrected chi connectivity index (χ0v) is 12.2. The second-order valence-electron chi connectivity index (χ2n) is 4.78. The largest absolute Gasteiger partial charge is 0.377 e. The zero-order chi connectivity index (χ0) is 15.6. The lowest BCUT2D eigenvalue weighted by atomic mass is 10.2. The minimum atomic E-state index is -0.332. The van der Waals surface area contributed by atoms with Crippen LogP contribution in [-0.2, 0) is 11.3 Å². The summed E-state index contributed by atoms with van der Waals surface area (Å²) in [6, 6.07) is 15.2. The van der Waals surface area contributed by atoms with Crippen LogP contribution in [0, 0.1) is 5.82 Å². The Labute approximate surface area is 129 Å². The molecule has 0 aliphatic heterocycles. The van der Waals surface area contributed by atoms with Crippen LogP contribution in [0.5, 0.6) is 0 Å². The number of halogens is 1. The molecule has 0 fully saturated rings. The Kier molecular flexibility index (Phi) is 6.39. The molecule has 4 nitrogen and oxygen atoms in total. The summed E-state index contributed by atoms with van der Waals surface area (Å²) in [4.78, 5) is 11.6. The second-order valence-corrected chi connectivity index (χ2v) is 4.78. The van der Waals surface area contributed by atoms with Crippen LogP contribution in [-0.4, -0.2) is 19.2 Å². The molecule has 0 heterocycles. The summed E-state index contributed by atoms with van der Waals surface area (Å²) in [5.41, 5.74) is 1.68. The van der Waals surface area contributed by atoms with Crippen molar-refractivity contribution in [1.29, 1.82) is 0 Å². The van der Waals surface area contributed by atoms with Crippen LogP contribution in [0.3, 0.4) is 0 Å². The lowest BCUT2D eigenvalue weighted by Crippen LogP contribution is -2.30. The smallest absolute Gasteiger partial charge is 0.319 e. The number of hydrogen-bond donors (Lipinski definition) is 2. The van der Waals surface area contributed by atoms with Crippen LogP contribution in [0.4, 0.5) is 14.9 Å². The quantitative estimate of drug-likeness (QED) is 0.768. The third-order valence-corrected chi connectivity index (χ3v) is 2.96. The predicted molar refractivity (Wildman–Crippen MR) is 84.1 cm³/mol. The molecule has 2 amide bonds. The van der Waals surface area contributed by atoms with Gasteiger partial charge < -0.3 is 15.4 Å². The van der Waals surface area contributed by atoms with Crippen molar-refractivity contribution in [1.82, 2.24) is 5.32 Å². The zero-order valence-electron chi connectivity index (χ0n) is 12.2. The van der Waals surface area contributed by atoms with E-state index in [0.29, 0.717) is 25.4 Å².